The van der Waals surface area contributed by atoms with Crippen LogP contribution in [0.4, 0.5) is 0 Å². The molecular weight excluding hydrogens is 192 g/mol. The molecule has 1 aromatic rings. The minimum absolute atomic E-state index is 0.0342. The highest BCUT2D eigenvalue weighted by molar-refractivity contribution is 6.29. The Morgan fingerprint density at radius 3 is 3.08 bits per heavy atom. The number of aryl methyl sites for hydroxylation is 1. The zero-order valence-electron chi connectivity index (χ0n) is 7.27. The molecule has 0 fully saturated rings. The molecule has 0 aliphatic carbocycles. The number of hydrogen-bond acceptors (Lipinski definition) is 3. The highest BCUT2D eigenvalue weighted by Gasteiger charge is 2.02. The number of nitrogens with zero attached hydrogens (tertiary/aromatic N) is 2. The maximum absolute atomic E-state index is 11.3. The molecule has 1 aromatic heterocycles. The van der Waals surface area contributed by atoms with Crippen LogP contribution in [0.15, 0.2) is 17.2 Å². The molecule has 1 unspecified atom stereocenters. The smallest absolute Gasteiger partial charge is 0.288 e. The first kappa shape index (κ1) is 10.2. The summed E-state index contributed by atoms with van der Waals surface area (Å²) in [5.41, 5.74) is -0.315. The zero-order valence-corrected chi connectivity index (χ0v) is 8.03. The van der Waals surface area contributed by atoms with E-state index in [0.717, 1.165) is 0 Å². The Balaban J connectivity index is 2.78. The number of hydrogen-bond donors (Lipinski definition) is 1. The lowest BCUT2D eigenvalue weighted by molar-refractivity contribution is 0.177. The van der Waals surface area contributed by atoms with Gasteiger partial charge in [0, 0.05) is 18.9 Å². The maximum Gasteiger partial charge on any atom is 0.288 e. The van der Waals surface area contributed by atoms with E-state index >= 15 is 0 Å². The molecule has 1 atom stereocenters. The predicted molar refractivity (Wildman–Crippen MR) is 49.8 cm³/mol. The fourth-order valence-corrected chi connectivity index (χ4v) is 1.09. The SMILES string of the molecule is CC(O)CCn1ccnc(Cl)c1=O. The van der Waals surface area contributed by atoms with Gasteiger partial charge in [-0.1, -0.05) is 11.6 Å². The van der Waals surface area contributed by atoms with Crippen LogP contribution in [0.1, 0.15) is 13.3 Å². The van der Waals surface area contributed by atoms with Gasteiger partial charge in [0.15, 0.2) is 5.15 Å². The lowest BCUT2D eigenvalue weighted by Crippen LogP contribution is -2.22. The molecule has 5 heteroatoms. The summed E-state index contributed by atoms with van der Waals surface area (Å²) in [7, 11) is 0. The Kier molecular flexibility index (Phi) is 3.45. The molecule has 13 heavy (non-hydrogen) atoms. The van der Waals surface area contributed by atoms with Gasteiger partial charge in [-0.25, -0.2) is 4.98 Å². The second-order valence-corrected chi connectivity index (χ2v) is 3.21. The minimum Gasteiger partial charge on any atom is -0.393 e. The summed E-state index contributed by atoms with van der Waals surface area (Å²) in [6, 6.07) is 0. The van der Waals surface area contributed by atoms with E-state index in [1.807, 2.05) is 0 Å². The van der Waals surface area contributed by atoms with Crippen molar-refractivity contribution in [2.75, 3.05) is 0 Å². The summed E-state index contributed by atoms with van der Waals surface area (Å²) in [5.74, 6) is 0. The van der Waals surface area contributed by atoms with Gasteiger partial charge in [0.05, 0.1) is 6.10 Å². The third-order valence-electron chi connectivity index (χ3n) is 1.66. The molecule has 1 rings (SSSR count). The fraction of sp³-hybridized carbons (Fsp3) is 0.500. The highest BCUT2D eigenvalue weighted by Crippen LogP contribution is 1.96. The Bertz CT molecular complexity index is 335. The number of halogens is 1. The summed E-state index contributed by atoms with van der Waals surface area (Å²) in [4.78, 5) is 14.9. The maximum atomic E-state index is 11.3. The van der Waals surface area contributed by atoms with E-state index in [-0.39, 0.29) is 10.7 Å². The van der Waals surface area contributed by atoms with Crippen LogP contribution in [0, 0.1) is 0 Å². The van der Waals surface area contributed by atoms with Crippen LogP contribution in [-0.2, 0) is 6.54 Å². The monoisotopic (exact) mass is 202 g/mol. The number of aliphatic hydroxyl groups excluding tert-OH is 1. The largest absolute Gasteiger partial charge is 0.393 e. The average molecular weight is 203 g/mol. The molecule has 72 valence electrons. The molecule has 0 aliphatic rings. The van der Waals surface area contributed by atoms with Gasteiger partial charge in [-0.2, -0.15) is 0 Å². The van der Waals surface area contributed by atoms with Gasteiger partial charge in [0.2, 0.25) is 0 Å². The van der Waals surface area contributed by atoms with E-state index in [9.17, 15) is 4.79 Å². The second-order valence-electron chi connectivity index (χ2n) is 2.85. The van der Waals surface area contributed by atoms with Crippen molar-refractivity contribution in [3.05, 3.63) is 27.9 Å². The molecular formula is C8H11ClN2O2. The van der Waals surface area contributed by atoms with E-state index in [1.54, 1.807) is 13.1 Å². The predicted octanol–water partition coefficient (Wildman–Crippen LogP) is 0.668. The van der Waals surface area contributed by atoms with Gasteiger partial charge < -0.3 is 9.67 Å². The molecule has 0 aliphatic heterocycles. The van der Waals surface area contributed by atoms with Crippen LogP contribution in [-0.4, -0.2) is 20.8 Å². The van der Waals surface area contributed by atoms with Crippen molar-refractivity contribution in [2.24, 2.45) is 0 Å². The van der Waals surface area contributed by atoms with Crippen molar-refractivity contribution in [3.63, 3.8) is 0 Å². The van der Waals surface area contributed by atoms with Gasteiger partial charge in [-0.05, 0) is 13.3 Å². The number of aromatic nitrogens is 2. The van der Waals surface area contributed by atoms with Gasteiger partial charge in [0.1, 0.15) is 0 Å². The minimum atomic E-state index is -0.418. The third kappa shape index (κ3) is 2.82. The van der Waals surface area contributed by atoms with Gasteiger partial charge in [0.25, 0.3) is 5.56 Å². The van der Waals surface area contributed by atoms with Crippen molar-refractivity contribution in [1.82, 2.24) is 9.55 Å². The molecule has 1 heterocycles. The van der Waals surface area contributed by atoms with Gasteiger partial charge >= 0.3 is 0 Å². The van der Waals surface area contributed by atoms with E-state index in [0.29, 0.717) is 13.0 Å². The van der Waals surface area contributed by atoms with E-state index in [1.165, 1.54) is 10.8 Å². The summed E-state index contributed by atoms with van der Waals surface area (Å²) in [5, 5.41) is 8.98. The average Bonchev–Trinajstić information content (AvgIpc) is 2.07. The van der Waals surface area contributed by atoms with E-state index in [4.69, 9.17) is 16.7 Å². The summed E-state index contributed by atoms with van der Waals surface area (Å²) in [6.07, 6.45) is 3.13. The molecule has 0 spiro atoms. The van der Waals surface area contributed by atoms with Crippen LogP contribution in [0.25, 0.3) is 0 Å². The zero-order chi connectivity index (χ0) is 9.84. The van der Waals surface area contributed by atoms with Crippen LogP contribution >= 0.6 is 11.6 Å². The highest BCUT2D eigenvalue weighted by atomic mass is 35.5. The molecule has 4 nitrogen and oxygen atoms in total. The van der Waals surface area contributed by atoms with E-state index in [2.05, 4.69) is 4.98 Å². The van der Waals surface area contributed by atoms with Crippen molar-refractivity contribution in [1.29, 1.82) is 0 Å². The first-order chi connectivity index (χ1) is 6.11. The van der Waals surface area contributed by atoms with Crippen LogP contribution in [0.3, 0.4) is 0 Å². The second kappa shape index (κ2) is 4.39. The quantitative estimate of drug-likeness (QED) is 0.784. The molecule has 0 aromatic carbocycles. The van der Waals surface area contributed by atoms with Gasteiger partial charge in [-0.15, -0.1) is 0 Å². The van der Waals surface area contributed by atoms with Crippen LogP contribution in [0.5, 0.6) is 0 Å². The fourth-order valence-electron chi connectivity index (χ4n) is 0.923. The number of rotatable bonds is 3. The summed E-state index contributed by atoms with van der Waals surface area (Å²) in [6.45, 7) is 2.13. The Morgan fingerprint density at radius 2 is 2.46 bits per heavy atom. The lowest BCUT2D eigenvalue weighted by atomic mass is 10.3. The number of aliphatic hydroxyl groups is 1. The van der Waals surface area contributed by atoms with Gasteiger partial charge in [-0.3, -0.25) is 4.79 Å². The lowest BCUT2D eigenvalue weighted by Gasteiger charge is -2.06. The molecule has 0 saturated carbocycles. The topological polar surface area (TPSA) is 55.1 Å². The van der Waals surface area contributed by atoms with E-state index < -0.39 is 6.10 Å². The van der Waals surface area contributed by atoms with Crippen molar-refractivity contribution in [3.8, 4) is 0 Å². The van der Waals surface area contributed by atoms with Crippen molar-refractivity contribution in [2.45, 2.75) is 26.0 Å². The summed E-state index contributed by atoms with van der Waals surface area (Å²) >= 11 is 5.52. The molecule has 1 N–H and O–H groups in total. The summed E-state index contributed by atoms with van der Waals surface area (Å²) < 4.78 is 1.43. The Labute approximate surface area is 80.8 Å². The first-order valence-electron chi connectivity index (χ1n) is 4.00. The molecule has 0 saturated heterocycles. The molecule has 0 radical (unpaired) electrons. The Hall–Kier alpha value is -0.870. The standard InChI is InChI=1S/C8H11ClN2O2/c1-6(12)2-4-11-5-3-10-7(9)8(11)13/h3,5-6,12H,2,4H2,1H3. The van der Waals surface area contributed by atoms with Crippen molar-refractivity contribution >= 4 is 11.6 Å². The van der Waals surface area contributed by atoms with Crippen LogP contribution in [0.2, 0.25) is 5.15 Å². The first-order valence-corrected chi connectivity index (χ1v) is 4.38. The molecule has 0 amide bonds. The third-order valence-corrected chi connectivity index (χ3v) is 1.92. The van der Waals surface area contributed by atoms with Crippen molar-refractivity contribution < 1.29 is 5.11 Å². The normalized spacial score (nSPS) is 12.8. The Morgan fingerprint density at radius 1 is 1.77 bits per heavy atom. The van der Waals surface area contributed by atoms with Crippen LogP contribution < -0.4 is 5.56 Å². The molecule has 0 bridgehead atoms.